The van der Waals surface area contributed by atoms with E-state index in [-0.39, 0.29) is 0 Å². The fraction of sp³-hybridized carbons (Fsp3) is 0.526. The van der Waals surface area contributed by atoms with Crippen LogP contribution in [0, 0.1) is 0 Å². The molecule has 1 atom stereocenters. The van der Waals surface area contributed by atoms with Crippen LogP contribution in [0.2, 0.25) is 5.02 Å². The third-order valence-corrected chi connectivity index (χ3v) is 4.45. The van der Waals surface area contributed by atoms with Crippen LogP contribution in [-0.4, -0.2) is 39.9 Å². The standard InChI is InChI=1S/C19H29ClN6/c1-4-15(3)24-19(21-10-9-16-7-6-8-17(20)13-16)22-11-12-26-14-23-25-18(26)5-2/h6-8,13-15H,4-5,9-12H2,1-3H3,(H2,21,22,24). The first-order chi connectivity index (χ1) is 12.6. The minimum absolute atomic E-state index is 0.369. The normalized spacial score (nSPS) is 12.8. The highest BCUT2D eigenvalue weighted by molar-refractivity contribution is 6.30. The Kier molecular flexibility index (Phi) is 8.41. The third-order valence-electron chi connectivity index (χ3n) is 4.21. The fourth-order valence-electron chi connectivity index (χ4n) is 2.51. The van der Waals surface area contributed by atoms with E-state index in [0.717, 1.165) is 49.2 Å². The molecule has 1 aromatic heterocycles. The number of halogens is 1. The molecule has 1 heterocycles. The van der Waals surface area contributed by atoms with Gasteiger partial charge >= 0.3 is 0 Å². The van der Waals surface area contributed by atoms with E-state index in [2.05, 4.69) is 52.2 Å². The van der Waals surface area contributed by atoms with E-state index >= 15 is 0 Å². The monoisotopic (exact) mass is 376 g/mol. The molecule has 26 heavy (non-hydrogen) atoms. The van der Waals surface area contributed by atoms with Crippen molar-refractivity contribution in [2.45, 2.75) is 52.6 Å². The lowest BCUT2D eigenvalue weighted by Gasteiger charge is -2.17. The lowest BCUT2D eigenvalue weighted by molar-refractivity contribution is 0.599. The summed E-state index contributed by atoms with van der Waals surface area (Å²) >= 11 is 6.04. The largest absolute Gasteiger partial charge is 0.355 e. The molecule has 2 aromatic rings. The van der Waals surface area contributed by atoms with Gasteiger partial charge in [-0.05, 0) is 37.5 Å². The molecule has 0 aliphatic heterocycles. The maximum atomic E-state index is 6.04. The first-order valence-electron chi connectivity index (χ1n) is 9.28. The molecule has 0 radical (unpaired) electrons. The second-order valence-corrected chi connectivity index (χ2v) is 6.72. The molecular weight excluding hydrogens is 348 g/mol. The highest BCUT2D eigenvalue weighted by Gasteiger charge is 2.05. The topological polar surface area (TPSA) is 67.1 Å². The van der Waals surface area contributed by atoms with Crippen molar-refractivity contribution < 1.29 is 0 Å². The summed E-state index contributed by atoms with van der Waals surface area (Å²) in [5.74, 6) is 1.84. The maximum Gasteiger partial charge on any atom is 0.191 e. The van der Waals surface area contributed by atoms with Crippen molar-refractivity contribution >= 4 is 17.6 Å². The molecule has 0 fully saturated rings. The molecule has 142 valence electrons. The van der Waals surface area contributed by atoms with Crippen LogP contribution in [0.5, 0.6) is 0 Å². The number of hydrogen-bond donors (Lipinski definition) is 2. The molecule has 7 heteroatoms. The second-order valence-electron chi connectivity index (χ2n) is 6.28. The molecule has 0 spiro atoms. The van der Waals surface area contributed by atoms with E-state index in [0.29, 0.717) is 12.6 Å². The summed E-state index contributed by atoms with van der Waals surface area (Å²) in [6.07, 6.45) is 4.56. The van der Waals surface area contributed by atoms with Crippen LogP contribution in [0.15, 0.2) is 35.6 Å². The number of nitrogens with zero attached hydrogens (tertiary/aromatic N) is 4. The molecule has 1 aromatic carbocycles. The van der Waals surface area contributed by atoms with Crippen molar-refractivity contribution in [1.82, 2.24) is 25.4 Å². The van der Waals surface area contributed by atoms with Gasteiger partial charge < -0.3 is 15.2 Å². The van der Waals surface area contributed by atoms with Gasteiger partial charge in [-0.2, -0.15) is 0 Å². The van der Waals surface area contributed by atoms with Gasteiger partial charge in [0.2, 0.25) is 0 Å². The predicted molar refractivity (Wildman–Crippen MR) is 108 cm³/mol. The van der Waals surface area contributed by atoms with Crippen LogP contribution in [0.25, 0.3) is 0 Å². The van der Waals surface area contributed by atoms with Crippen molar-refractivity contribution in [3.63, 3.8) is 0 Å². The maximum absolute atomic E-state index is 6.04. The molecule has 0 bridgehead atoms. The molecule has 6 nitrogen and oxygen atoms in total. The van der Waals surface area contributed by atoms with Crippen LogP contribution in [-0.2, 0) is 19.4 Å². The van der Waals surface area contributed by atoms with Gasteiger partial charge in [0, 0.05) is 37.1 Å². The number of rotatable bonds is 9. The van der Waals surface area contributed by atoms with Crippen molar-refractivity contribution in [2.24, 2.45) is 4.99 Å². The predicted octanol–water partition coefficient (Wildman–Crippen LogP) is 3.07. The van der Waals surface area contributed by atoms with Crippen LogP contribution in [0.4, 0.5) is 0 Å². The number of aliphatic imine (C=N–C) groups is 1. The molecule has 2 N–H and O–H groups in total. The van der Waals surface area contributed by atoms with Gasteiger partial charge in [0.25, 0.3) is 0 Å². The summed E-state index contributed by atoms with van der Waals surface area (Å²) in [6, 6.07) is 8.30. The zero-order valence-electron chi connectivity index (χ0n) is 15.9. The lowest BCUT2D eigenvalue weighted by Crippen LogP contribution is -2.43. The number of aryl methyl sites for hydroxylation is 1. The van der Waals surface area contributed by atoms with Crippen molar-refractivity contribution in [1.29, 1.82) is 0 Å². The number of guanidine groups is 1. The Hall–Kier alpha value is -2.08. The minimum Gasteiger partial charge on any atom is -0.355 e. The van der Waals surface area contributed by atoms with Gasteiger partial charge in [-0.3, -0.25) is 4.99 Å². The Morgan fingerprint density at radius 3 is 2.92 bits per heavy atom. The van der Waals surface area contributed by atoms with E-state index in [1.54, 1.807) is 6.33 Å². The molecule has 2 rings (SSSR count). The van der Waals surface area contributed by atoms with Gasteiger partial charge in [-0.15, -0.1) is 10.2 Å². The van der Waals surface area contributed by atoms with Gasteiger partial charge in [0.1, 0.15) is 12.2 Å². The summed E-state index contributed by atoms with van der Waals surface area (Å²) < 4.78 is 2.07. The van der Waals surface area contributed by atoms with E-state index in [4.69, 9.17) is 16.6 Å². The number of benzene rings is 1. The summed E-state index contributed by atoms with van der Waals surface area (Å²) in [7, 11) is 0. The Morgan fingerprint density at radius 2 is 2.19 bits per heavy atom. The van der Waals surface area contributed by atoms with Crippen LogP contribution in [0.3, 0.4) is 0 Å². The minimum atomic E-state index is 0.369. The first-order valence-corrected chi connectivity index (χ1v) is 9.66. The average molecular weight is 377 g/mol. The molecule has 0 amide bonds. The molecule has 0 aliphatic rings. The Bertz CT molecular complexity index is 697. The SMILES string of the molecule is CCc1nncn1CCNC(=NCCc1cccc(Cl)c1)NC(C)CC. The Morgan fingerprint density at radius 1 is 1.35 bits per heavy atom. The van der Waals surface area contributed by atoms with Crippen molar-refractivity contribution in [3.05, 3.63) is 47.0 Å². The zero-order chi connectivity index (χ0) is 18.8. The smallest absolute Gasteiger partial charge is 0.191 e. The van der Waals surface area contributed by atoms with Gasteiger partial charge in [0.15, 0.2) is 5.96 Å². The number of nitrogens with one attached hydrogen (secondary N) is 2. The highest BCUT2D eigenvalue weighted by atomic mass is 35.5. The Labute approximate surface area is 161 Å². The van der Waals surface area contributed by atoms with Crippen LogP contribution in [0.1, 0.15) is 38.6 Å². The van der Waals surface area contributed by atoms with Gasteiger partial charge in [-0.1, -0.05) is 37.6 Å². The quantitative estimate of drug-likeness (QED) is 0.521. The number of aromatic nitrogens is 3. The third kappa shape index (κ3) is 6.67. The summed E-state index contributed by atoms with van der Waals surface area (Å²) in [6.45, 7) is 8.69. The van der Waals surface area contributed by atoms with Gasteiger partial charge in [-0.25, -0.2) is 0 Å². The summed E-state index contributed by atoms with van der Waals surface area (Å²) in [4.78, 5) is 4.71. The average Bonchev–Trinajstić information content (AvgIpc) is 3.09. The molecule has 1 unspecified atom stereocenters. The highest BCUT2D eigenvalue weighted by Crippen LogP contribution is 2.11. The molecule has 0 saturated heterocycles. The van der Waals surface area contributed by atoms with Crippen molar-refractivity contribution in [2.75, 3.05) is 13.1 Å². The van der Waals surface area contributed by atoms with Gasteiger partial charge in [0.05, 0.1) is 0 Å². The van der Waals surface area contributed by atoms with E-state index < -0.39 is 0 Å². The first kappa shape index (κ1) is 20.2. The summed E-state index contributed by atoms with van der Waals surface area (Å²) in [5.41, 5.74) is 1.20. The van der Waals surface area contributed by atoms with E-state index in [9.17, 15) is 0 Å². The van der Waals surface area contributed by atoms with Crippen LogP contribution < -0.4 is 10.6 Å². The van der Waals surface area contributed by atoms with Crippen molar-refractivity contribution in [3.8, 4) is 0 Å². The van der Waals surface area contributed by atoms with Crippen LogP contribution >= 0.6 is 11.6 Å². The lowest BCUT2D eigenvalue weighted by atomic mass is 10.1. The Balaban J connectivity index is 1.89. The number of hydrogen-bond acceptors (Lipinski definition) is 3. The second kappa shape index (κ2) is 10.8. The molecule has 0 saturated carbocycles. The zero-order valence-corrected chi connectivity index (χ0v) is 16.6. The molecule has 0 aliphatic carbocycles. The molecular formula is C19H29ClN6. The van der Waals surface area contributed by atoms with E-state index in [1.165, 1.54) is 5.56 Å². The van der Waals surface area contributed by atoms with E-state index in [1.807, 2.05) is 18.2 Å². The summed E-state index contributed by atoms with van der Waals surface area (Å²) in [5, 5.41) is 15.7. The fourth-order valence-corrected chi connectivity index (χ4v) is 2.72.